The predicted octanol–water partition coefficient (Wildman–Crippen LogP) is 2.50. The Kier molecular flexibility index (Phi) is 5.14. The van der Waals surface area contributed by atoms with Gasteiger partial charge in [0.1, 0.15) is 6.54 Å². The van der Waals surface area contributed by atoms with Crippen LogP contribution in [0.3, 0.4) is 0 Å². The summed E-state index contributed by atoms with van der Waals surface area (Å²) in [5, 5.41) is 4.06. The highest BCUT2D eigenvalue weighted by Crippen LogP contribution is 2.22. The standard InChI is InChI=1S/C16H15BrN4O3S/c1-3-24-14(22)9-21-12-5-4-10(17)8-13(12)25-16(21)18-15(23)11-6-7-20(2)19-11/h4-8H,3,9H2,1-2H3. The molecule has 3 rings (SSSR count). The number of hydrogen-bond donors (Lipinski definition) is 0. The molecule has 0 atom stereocenters. The van der Waals surface area contributed by atoms with Crippen molar-refractivity contribution in [1.29, 1.82) is 0 Å². The van der Waals surface area contributed by atoms with Gasteiger partial charge in [-0.25, -0.2) is 0 Å². The zero-order chi connectivity index (χ0) is 18.0. The fourth-order valence-electron chi connectivity index (χ4n) is 2.29. The van der Waals surface area contributed by atoms with Crippen LogP contribution in [0.4, 0.5) is 0 Å². The Morgan fingerprint density at radius 3 is 2.84 bits per heavy atom. The van der Waals surface area contributed by atoms with Crippen LogP contribution in [0.2, 0.25) is 0 Å². The molecule has 25 heavy (non-hydrogen) atoms. The van der Waals surface area contributed by atoms with Crippen LogP contribution >= 0.6 is 27.3 Å². The molecule has 1 aromatic carbocycles. The largest absolute Gasteiger partial charge is 0.465 e. The SMILES string of the molecule is CCOC(=O)Cn1c(=NC(=O)c2ccn(C)n2)sc2cc(Br)ccc21. The fourth-order valence-corrected chi connectivity index (χ4v) is 3.87. The maximum Gasteiger partial charge on any atom is 0.326 e. The number of hydrogen-bond acceptors (Lipinski definition) is 5. The summed E-state index contributed by atoms with van der Waals surface area (Å²) in [5.41, 5.74) is 1.07. The molecule has 0 aliphatic heterocycles. The summed E-state index contributed by atoms with van der Waals surface area (Å²) >= 11 is 4.76. The number of carbonyl (C=O) groups excluding carboxylic acids is 2. The van der Waals surface area contributed by atoms with E-state index in [1.165, 1.54) is 16.0 Å². The van der Waals surface area contributed by atoms with E-state index in [1.54, 1.807) is 30.8 Å². The van der Waals surface area contributed by atoms with Crippen molar-refractivity contribution >= 4 is 49.4 Å². The van der Waals surface area contributed by atoms with Gasteiger partial charge in [-0.2, -0.15) is 10.1 Å². The maximum atomic E-state index is 12.4. The first-order valence-electron chi connectivity index (χ1n) is 7.51. The van der Waals surface area contributed by atoms with Crippen molar-refractivity contribution in [2.75, 3.05) is 6.61 Å². The van der Waals surface area contributed by atoms with E-state index >= 15 is 0 Å². The number of carbonyl (C=O) groups is 2. The summed E-state index contributed by atoms with van der Waals surface area (Å²) in [6, 6.07) is 7.28. The summed E-state index contributed by atoms with van der Waals surface area (Å²) in [5.74, 6) is -0.833. The number of fused-ring (bicyclic) bond motifs is 1. The molecule has 0 radical (unpaired) electrons. The normalized spacial score (nSPS) is 11.9. The molecule has 0 saturated carbocycles. The van der Waals surface area contributed by atoms with Gasteiger partial charge in [-0.3, -0.25) is 14.3 Å². The van der Waals surface area contributed by atoms with Crippen LogP contribution in [0.5, 0.6) is 0 Å². The van der Waals surface area contributed by atoms with Crippen LogP contribution in [0.15, 0.2) is 39.9 Å². The molecule has 0 fully saturated rings. The molecule has 3 aromatic rings. The summed E-state index contributed by atoms with van der Waals surface area (Å²) < 4.78 is 10.1. The highest BCUT2D eigenvalue weighted by Gasteiger charge is 2.14. The minimum atomic E-state index is -0.455. The maximum absolute atomic E-state index is 12.4. The summed E-state index contributed by atoms with van der Waals surface area (Å²) in [6.07, 6.45) is 1.68. The van der Waals surface area contributed by atoms with Gasteiger partial charge in [-0.15, -0.1) is 0 Å². The van der Waals surface area contributed by atoms with Crippen molar-refractivity contribution in [3.63, 3.8) is 0 Å². The number of aromatic nitrogens is 3. The van der Waals surface area contributed by atoms with E-state index in [4.69, 9.17) is 4.74 Å². The lowest BCUT2D eigenvalue weighted by molar-refractivity contribution is -0.143. The molecular formula is C16H15BrN4O3S. The Hall–Kier alpha value is -2.26. The van der Waals surface area contributed by atoms with E-state index in [2.05, 4.69) is 26.0 Å². The molecule has 0 aliphatic rings. The molecule has 2 aromatic heterocycles. The predicted molar refractivity (Wildman–Crippen MR) is 97.2 cm³/mol. The Balaban J connectivity index is 2.10. The van der Waals surface area contributed by atoms with E-state index in [0.29, 0.717) is 11.4 Å². The fraction of sp³-hybridized carbons (Fsp3) is 0.250. The van der Waals surface area contributed by atoms with Crippen molar-refractivity contribution in [3.8, 4) is 0 Å². The monoisotopic (exact) mass is 422 g/mol. The van der Waals surface area contributed by atoms with Gasteiger partial charge in [0, 0.05) is 17.7 Å². The van der Waals surface area contributed by atoms with Gasteiger partial charge >= 0.3 is 5.97 Å². The lowest BCUT2D eigenvalue weighted by Gasteiger charge is -2.05. The smallest absolute Gasteiger partial charge is 0.326 e. The number of esters is 1. The van der Waals surface area contributed by atoms with Gasteiger partial charge in [0.05, 0.1) is 16.8 Å². The quantitative estimate of drug-likeness (QED) is 0.605. The van der Waals surface area contributed by atoms with Gasteiger partial charge < -0.3 is 9.30 Å². The molecule has 1 amide bonds. The van der Waals surface area contributed by atoms with Crippen molar-refractivity contribution < 1.29 is 14.3 Å². The molecule has 9 heteroatoms. The summed E-state index contributed by atoms with van der Waals surface area (Å²) in [4.78, 5) is 28.9. The zero-order valence-electron chi connectivity index (χ0n) is 13.6. The van der Waals surface area contributed by atoms with Gasteiger partial charge in [-0.1, -0.05) is 27.3 Å². The zero-order valence-corrected chi connectivity index (χ0v) is 16.0. The van der Waals surface area contributed by atoms with Crippen molar-refractivity contribution in [2.45, 2.75) is 13.5 Å². The second-order valence-electron chi connectivity index (χ2n) is 5.18. The van der Waals surface area contributed by atoms with Crippen molar-refractivity contribution in [3.05, 3.63) is 45.4 Å². The van der Waals surface area contributed by atoms with Gasteiger partial charge in [0.15, 0.2) is 10.5 Å². The number of amides is 1. The Bertz CT molecular complexity index is 1020. The second-order valence-corrected chi connectivity index (χ2v) is 7.10. The molecule has 0 N–H and O–H groups in total. The number of ether oxygens (including phenoxy) is 1. The second kappa shape index (κ2) is 7.32. The number of nitrogens with zero attached hydrogens (tertiary/aromatic N) is 4. The lowest BCUT2D eigenvalue weighted by atomic mass is 10.3. The summed E-state index contributed by atoms with van der Waals surface area (Å²) in [6.45, 7) is 2.04. The molecule has 0 unspecified atom stereocenters. The molecule has 0 bridgehead atoms. The van der Waals surface area contributed by atoms with Crippen LogP contribution in [-0.4, -0.2) is 32.8 Å². The molecule has 0 saturated heterocycles. The van der Waals surface area contributed by atoms with E-state index in [9.17, 15) is 9.59 Å². The van der Waals surface area contributed by atoms with Crippen LogP contribution in [0.1, 0.15) is 17.4 Å². The number of aryl methyl sites for hydroxylation is 1. The third-order valence-corrected chi connectivity index (χ3v) is 4.90. The topological polar surface area (TPSA) is 78.5 Å². The van der Waals surface area contributed by atoms with Crippen LogP contribution in [0.25, 0.3) is 10.2 Å². The minimum absolute atomic E-state index is 0.0101. The van der Waals surface area contributed by atoms with Gasteiger partial charge in [0.25, 0.3) is 5.91 Å². The van der Waals surface area contributed by atoms with Crippen LogP contribution in [0, 0.1) is 0 Å². The lowest BCUT2D eigenvalue weighted by Crippen LogP contribution is -2.23. The Morgan fingerprint density at radius 1 is 1.36 bits per heavy atom. The highest BCUT2D eigenvalue weighted by atomic mass is 79.9. The van der Waals surface area contributed by atoms with Crippen molar-refractivity contribution in [2.24, 2.45) is 12.0 Å². The van der Waals surface area contributed by atoms with E-state index in [0.717, 1.165) is 14.7 Å². The molecule has 7 nitrogen and oxygen atoms in total. The Labute approximate surface area is 155 Å². The molecule has 0 spiro atoms. The van der Waals surface area contributed by atoms with Crippen LogP contribution < -0.4 is 4.80 Å². The molecular weight excluding hydrogens is 408 g/mol. The summed E-state index contributed by atoms with van der Waals surface area (Å²) in [7, 11) is 1.73. The van der Waals surface area contributed by atoms with Gasteiger partial charge in [0.2, 0.25) is 0 Å². The molecule has 2 heterocycles. The first kappa shape index (κ1) is 17.6. The first-order chi connectivity index (χ1) is 12.0. The van der Waals surface area contributed by atoms with E-state index in [1.807, 2.05) is 18.2 Å². The van der Waals surface area contributed by atoms with E-state index < -0.39 is 5.91 Å². The number of rotatable bonds is 4. The van der Waals surface area contributed by atoms with Gasteiger partial charge in [-0.05, 0) is 31.2 Å². The molecule has 0 aliphatic carbocycles. The first-order valence-corrected chi connectivity index (χ1v) is 9.12. The number of benzene rings is 1. The highest BCUT2D eigenvalue weighted by molar-refractivity contribution is 9.10. The number of thiazole rings is 1. The third-order valence-electron chi connectivity index (χ3n) is 3.37. The van der Waals surface area contributed by atoms with Crippen molar-refractivity contribution in [1.82, 2.24) is 14.3 Å². The average molecular weight is 423 g/mol. The third kappa shape index (κ3) is 3.88. The molecule has 130 valence electrons. The van der Waals surface area contributed by atoms with Crippen LogP contribution in [-0.2, 0) is 23.1 Å². The number of halogens is 1. The minimum Gasteiger partial charge on any atom is -0.465 e. The average Bonchev–Trinajstić information content (AvgIpc) is 3.12. The Morgan fingerprint density at radius 2 is 2.16 bits per heavy atom. The van der Waals surface area contributed by atoms with E-state index in [-0.39, 0.29) is 18.2 Å².